The van der Waals surface area contributed by atoms with Crippen LogP contribution >= 0.6 is 0 Å². The van der Waals surface area contributed by atoms with E-state index in [-0.39, 0.29) is 6.10 Å². The van der Waals surface area contributed by atoms with Crippen molar-refractivity contribution in [3.63, 3.8) is 0 Å². The topological polar surface area (TPSA) is 86.0 Å². The summed E-state index contributed by atoms with van der Waals surface area (Å²) in [4.78, 5) is 6.82. The molecule has 30 heavy (non-hydrogen) atoms. The molecule has 0 spiro atoms. The zero-order chi connectivity index (χ0) is 21.3. The minimum Gasteiger partial charge on any atom is -0.497 e. The van der Waals surface area contributed by atoms with Gasteiger partial charge in [-0.15, -0.1) is 10.2 Å². The van der Waals surface area contributed by atoms with E-state index in [1.807, 2.05) is 49.9 Å². The molecule has 1 aliphatic rings. The molecular weight excluding hydrogens is 384 g/mol. The van der Waals surface area contributed by atoms with Crippen molar-refractivity contribution < 1.29 is 14.2 Å². The van der Waals surface area contributed by atoms with Crippen LogP contribution in [0.4, 0.5) is 0 Å². The summed E-state index contributed by atoms with van der Waals surface area (Å²) in [5.74, 6) is 4.11. The normalized spacial score (nSPS) is 16.5. The first-order valence-electron chi connectivity index (χ1n) is 10.3. The number of nitrogens with zero attached hydrogens (tertiary/aromatic N) is 5. The second-order valence-corrected chi connectivity index (χ2v) is 7.32. The van der Waals surface area contributed by atoms with E-state index in [1.165, 1.54) is 0 Å². The van der Waals surface area contributed by atoms with E-state index in [2.05, 4.69) is 20.4 Å². The SMILES string of the molecule is COc1ccc(OCCN(C)C(=NCc2nnc(C)n2C)NCC2CCCO2)cc1. The van der Waals surface area contributed by atoms with Crippen molar-refractivity contribution in [1.82, 2.24) is 25.0 Å². The summed E-state index contributed by atoms with van der Waals surface area (Å²) in [6.45, 7) is 5.17. The highest BCUT2D eigenvalue weighted by Gasteiger charge is 2.17. The highest BCUT2D eigenvalue weighted by Crippen LogP contribution is 2.17. The number of aryl methyl sites for hydroxylation is 1. The lowest BCUT2D eigenvalue weighted by atomic mass is 10.2. The molecule has 0 bridgehead atoms. The maximum absolute atomic E-state index is 5.86. The zero-order valence-corrected chi connectivity index (χ0v) is 18.3. The van der Waals surface area contributed by atoms with E-state index in [0.29, 0.717) is 19.7 Å². The number of hydrogen-bond donors (Lipinski definition) is 1. The van der Waals surface area contributed by atoms with Gasteiger partial charge in [0, 0.05) is 27.2 Å². The second kappa shape index (κ2) is 10.8. The van der Waals surface area contributed by atoms with Crippen molar-refractivity contribution in [3.05, 3.63) is 35.9 Å². The van der Waals surface area contributed by atoms with Gasteiger partial charge in [-0.1, -0.05) is 0 Å². The Labute approximate surface area is 178 Å². The quantitative estimate of drug-likeness (QED) is 0.492. The Balaban J connectivity index is 1.57. The molecule has 2 heterocycles. The van der Waals surface area contributed by atoms with Crippen molar-refractivity contribution in [2.24, 2.45) is 12.0 Å². The number of ether oxygens (including phenoxy) is 3. The molecule has 164 valence electrons. The van der Waals surface area contributed by atoms with E-state index in [9.17, 15) is 0 Å². The minimum atomic E-state index is 0.233. The Morgan fingerprint density at radius 2 is 2.07 bits per heavy atom. The molecule has 2 aromatic rings. The maximum Gasteiger partial charge on any atom is 0.194 e. The second-order valence-electron chi connectivity index (χ2n) is 7.32. The fraction of sp³-hybridized carbons (Fsp3) is 0.571. The summed E-state index contributed by atoms with van der Waals surface area (Å²) < 4.78 is 18.7. The molecule has 0 amide bonds. The van der Waals surface area contributed by atoms with Crippen molar-refractivity contribution in [2.45, 2.75) is 32.4 Å². The van der Waals surface area contributed by atoms with Gasteiger partial charge in [0.2, 0.25) is 0 Å². The molecule has 0 saturated carbocycles. The molecule has 0 aliphatic carbocycles. The minimum absolute atomic E-state index is 0.233. The van der Waals surface area contributed by atoms with E-state index in [0.717, 1.165) is 55.1 Å². The monoisotopic (exact) mass is 416 g/mol. The zero-order valence-electron chi connectivity index (χ0n) is 18.3. The van der Waals surface area contributed by atoms with Gasteiger partial charge in [0.05, 0.1) is 19.8 Å². The van der Waals surface area contributed by atoms with Gasteiger partial charge in [-0.3, -0.25) is 0 Å². The number of aliphatic imine (C=N–C) groups is 1. The Bertz CT molecular complexity index is 815. The van der Waals surface area contributed by atoms with Crippen molar-refractivity contribution in [1.29, 1.82) is 0 Å². The molecule has 1 N–H and O–H groups in total. The van der Waals surface area contributed by atoms with Crippen LogP contribution < -0.4 is 14.8 Å². The van der Waals surface area contributed by atoms with Gasteiger partial charge in [0.25, 0.3) is 0 Å². The molecule has 3 rings (SSSR count). The molecule has 0 radical (unpaired) electrons. The van der Waals surface area contributed by atoms with E-state index in [1.54, 1.807) is 7.11 Å². The largest absolute Gasteiger partial charge is 0.497 e. The number of aromatic nitrogens is 3. The third-order valence-corrected chi connectivity index (χ3v) is 5.18. The number of benzene rings is 1. The van der Waals surface area contributed by atoms with Gasteiger partial charge in [-0.25, -0.2) is 4.99 Å². The summed E-state index contributed by atoms with van der Waals surface area (Å²) in [5, 5.41) is 11.7. The number of rotatable bonds is 9. The molecule has 1 aromatic heterocycles. The van der Waals surface area contributed by atoms with Crippen molar-refractivity contribution >= 4 is 5.96 Å². The van der Waals surface area contributed by atoms with Crippen LogP contribution in [-0.2, 0) is 18.3 Å². The molecule has 1 aromatic carbocycles. The van der Waals surface area contributed by atoms with Crippen LogP contribution in [0, 0.1) is 6.92 Å². The lowest BCUT2D eigenvalue weighted by Gasteiger charge is -2.24. The predicted octanol–water partition coefficient (Wildman–Crippen LogP) is 1.77. The van der Waals surface area contributed by atoms with E-state index >= 15 is 0 Å². The van der Waals surface area contributed by atoms with E-state index in [4.69, 9.17) is 19.2 Å². The lowest BCUT2D eigenvalue weighted by molar-refractivity contribution is 0.113. The van der Waals surface area contributed by atoms with Crippen LogP contribution in [0.5, 0.6) is 11.5 Å². The first-order chi connectivity index (χ1) is 14.6. The fourth-order valence-corrected chi connectivity index (χ4v) is 3.13. The summed E-state index contributed by atoms with van der Waals surface area (Å²) >= 11 is 0. The highest BCUT2D eigenvalue weighted by atomic mass is 16.5. The first kappa shape index (κ1) is 21.9. The van der Waals surface area contributed by atoms with Gasteiger partial charge in [0.15, 0.2) is 11.8 Å². The molecule has 1 atom stereocenters. The predicted molar refractivity (Wildman–Crippen MR) is 115 cm³/mol. The average Bonchev–Trinajstić information content (AvgIpc) is 3.39. The molecule has 1 aliphatic heterocycles. The summed E-state index contributed by atoms with van der Waals surface area (Å²) in [5.41, 5.74) is 0. The smallest absolute Gasteiger partial charge is 0.194 e. The van der Waals surface area contributed by atoms with Crippen molar-refractivity contribution in [2.75, 3.05) is 40.5 Å². The van der Waals surface area contributed by atoms with Crippen LogP contribution in [0.15, 0.2) is 29.3 Å². The van der Waals surface area contributed by atoms with Gasteiger partial charge in [-0.05, 0) is 44.0 Å². The summed E-state index contributed by atoms with van der Waals surface area (Å²) in [7, 11) is 5.60. The van der Waals surface area contributed by atoms with Crippen molar-refractivity contribution in [3.8, 4) is 11.5 Å². The Hall–Kier alpha value is -2.81. The third-order valence-electron chi connectivity index (χ3n) is 5.18. The third kappa shape index (κ3) is 6.09. The molecule has 9 heteroatoms. The molecule has 9 nitrogen and oxygen atoms in total. The molecule has 1 saturated heterocycles. The van der Waals surface area contributed by atoms with Crippen LogP contribution in [0.2, 0.25) is 0 Å². The van der Waals surface area contributed by atoms with E-state index < -0.39 is 0 Å². The number of guanidine groups is 1. The fourth-order valence-electron chi connectivity index (χ4n) is 3.13. The Kier molecular flexibility index (Phi) is 7.89. The van der Waals surface area contributed by atoms with Gasteiger partial charge in [0.1, 0.15) is 30.5 Å². The summed E-state index contributed by atoms with van der Waals surface area (Å²) in [6, 6.07) is 7.58. The Morgan fingerprint density at radius 1 is 1.30 bits per heavy atom. The number of likely N-dealkylation sites (N-methyl/N-ethyl adjacent to an activating group) is 1. The number of methoxy groups -OCH3 is 1. The Morgan fingerprint density at radius 3 is 2.70 bits per heavy atom. The van der Waals surface area contributed by atoms with Gasteiger partial charge < -0.3 is 29.0 Å². The van der Waals surface area contributed by atoms with Crippen LogP contribution in [0.25, 0.3) is 0 Å². The molecule has 1 unspecified atom stereocenters. The molecular formula is C21H32N6O3. The van der Waals surface area contributed by atoms with Gasteiger partial charge >= 0.3 is 0 Å². The van der Waals surface area contributed by atoms with Gasteiger partial charge in [-0.2, -0.15) is 0 Å². The summed E-state index contributed by atoms with van der Waals surface area (Å²) in [6.07, 6.45) is 2.42. The highest BCUT2D eigenvalue weighted by molar-refractivity contribution is 5.79. The molecule has 1 fully saturated rings. The number of nitrogens with one attached hydrogen (secondary N) is 1. The van der Waals surface area contributed by atoms with Crippen LogP contribution in [0.3, 0.4) is 0 Å². The first-order valence-corrected chi connectivity index (χ1v) is 10.3. The standard InChI is InChI=1S/C21H32N6O3/c1-16-24-25-20(27(16)3)15-23-21(22-14-19-6-5-12-29-19)26(2)11-13-30-18-9-7-17(28-4)8-10-18/h7-10,19H,5-6,11-15H2,1-4H3,(H,22,23). The van der Waals surface area contributed by atoms with Crippen LogP contribution in [-0.4, -0.2) is 72.2 Å². The maximum atomic E-state index is 5.86. The average molecular weight is 417 g/mol. The number of hydrogen-bond acceptors (Lipinski definition) is 6. The van der Waals surface area contributed by atoms with Crippen LogP contribution in [0.1, 0.15) is 24.5 Å². The lowest BCUT2D eigenvalue weighted by Crippen LogP contribution is -2.43.